The Hall–Kier alpha value is -1.19. The van der Waals surface area contributed by atoms with Crippen molar-refractivity contribution in [2.45, 2.75) is 6.42 Å². The van der Waals surface area contributed by atoms with E-state index in [1.807, 2.05) is 22.8 Å². The van der Waals surface area contributed by atoms with Gasteiger partial charge in [0.05, 0.1) is 5.69 Å². The van der Waals surface area contributed by atoms with E-state index in [0.717, 1.165) is 18.7 Å². The van der Waals surface area contributed by atoms with Gasteiger partial charge < -0.3 is 5.32 Å². The molecule has 5 heteroatoms. The van der Waals surface area contributed by atoms with E-state index in [2.05, 4.69) is 16.4 Å². The van der Waals surface area contributed by atoms with E-state index in [-0.39, 0.29) is 0 Å². The minimum atomic E-state index is 0.334. The van der Waals surface area contributed by atoms with Crippen LogP contribution in [0.4, 0.5) is 5.95 Å². The molecule has 0 bridgehead atoms. The van der Waals surface area contributed by atoms with Crippen LogP contribution in [0.1, 0.15) is 5.56 Å². The predicted molar refractivity (Wildman–Crippen MR) is 65.8 cm³/mol. The Kier molecular flexibility index (Phi) is 2.30. The van der Waals surface area contributed by atoms with Crippen LogP contribution in [0.2, 0.25) is 10.3 Å². The Morgan fingerprint density at radius 2 is 2.06 bits per heavy atom. The number of aromatic nitrogens is 2. The van der Waals surface area contributed by atoms with Crippen LogP contribution < -0.4 is 5.32 Å². The minimum absolute atomic E-state index is 0.334. The van der Waals surface area contributed by atoms with E-state index in [1.165, 1.54) is 5.56 Å². The van der Waals surface area contributed by atoms with Crippen molar-refractivity contribution >= 4 is 29.2 Å². The van der Waals surface area contributed by atoms with Crippen molar-refractivity contribution in [2.75, 3.05) is 11.9 Å². The number of rotatable bonds is 0. The lowest BCUT2D eigenvalue weighted by atomic mass is 10.1. The van der Waals surface area contributed by atoms with Gasteiger partial charge in [-0.3, -0.25) is 4.57 Å². The Labute approximate surface area is 103 Å². The van der Waals surface area contributed by atoms with E-state index in [9.17, 15) is 0 Å². The number of benzene rings is 1. The number of nitrogens with zero attached hydrogens (tertiary/aromatic N) is 2. The predicted octanol–water partition coefficient (Wildman–Crippen LogP) is 3.15. The van der Waals surface area contributed by atoms with Crippen LogP contribution in [0.3, 0.4) is 0 Å². The maximum atomic E-state index is 6.16. The first-order valence-corrected chi connectivity index (χ1v) is 5.79. The summed E-state index contributed by atoms with van der Waals surface area (Å²) in [5.74, 6) is 0.708. The van der Waals surface area contributed by atoms with Crippen molar-refractivity contribution in [3.63, 3.8) is 0 Å². The third-order valence-corrected chi connectivity index (χ3v) is 3.40. The van der Waals surface area contributed by atoms with Crippen LogP contribution in [-0.2, 0) is 6.42 Å². The van der Waals surface area contributed by atoms with Crippen LogP contribution in [-0.4, -0.2) is 16.1 Å². The van der Waals surface area contributed by atoms with Crippen molar-refractivity contribution in [1.82, 2.24) is 9.55 Å². The van der Waals surface area contributed by atoms with Crippen LogP contribution in [0.5, 0.6) is 0 Å². The summed E-state index contributed by atoms with van der Waals surface area (Å²) in [7, 11) is 0. The Morgan fingerprint density at radius 1 is 1.25 bits per heavy atom. The molecule has 0 spiro atoms. The zero-order chi connectivity index (χ0) is 11.1. The van der Waals surface area contributed by atoms with Gasteiger partial charge in [-0.25, -0.2) is 0 Å². The second kappa shape index (κ2) is 3.68. The molecule has 2 heterocycles. The average Bonchev–Trinajstić information content (AvgIpc) is 2.49. The first-order chi connectivity index (χ1) is 7.77. The fraction of sp³-hybridized carbons (Fsp3) is 0.182. The second-order valence-corrected chi connectivity index (χ2v) is 4.37. The first kappa shape index (κ1) is 10.00. The molecule has 0 unspecified atom stereocenters. The maximum Gasteiger partial charge on any atom is 0.210 e. The monoisotopic (exact) mass is 253 g/mol. The van der Waals surface area contributed by atoms with Crippen molar-refractivity contribution in [2.24, 2.45) is 0 Å². The first-order valence-electron chi connectivity index (χ1n) is 5.03. The smallest absolute Gasteiger partial charge is 0.210 e. The molecular formula is C11H9Cl2N3. The number of para-hydroxylation sites is 1. The average molecular weight is 254 g/mol. The number of halogens is 2. The molecule has 3 nitrogen and oxygen atoms in total. The van der Waals surface area contributed by atoms with E-state index in [4.69, 9.17) is 23.2 Å². The molecule has 0 saturated heterocycles. The highest BCUT2D eigenvalue weighted by Gasteiger charge is 2.19. The van der Waals surface area contributed by atoms with Crippen LogP contribution in [0.15, 0.2) is 24.3 Å². The van der Waals surface area contributed by atoms with Gasteiger partial charge in [0.15, 0.2) is 10.3 Å². The van der Waals surface area contributed by atoms with E-state index in [1.54, 1.807) is 0 Å². The highest BCUT2D eigenvalue weighted by atomic mass is 35.5. The molecular weight excluding hydrogens is 245 g/mol. The number of nitrogens with one attached hydrogen (secondary N) is 1. The van der Waals surface area contributed by atoms with Gasteiger partial charge in [-0.05, 0) is 18.1 Å². The van der Waals surface area contributed by atoms with Crippen LogP contribution in [0.25, 0.3) is 5.69 Å². The minimum Gasteiger partial charge on any atom is -0.355 e. The molecule has 1 aliphatic rings. The van der Waals surface area contributed by atoms with Crippen molar-refractivity contribution < 1.29 is 0 Å². The molecule has 1 aliphatic heterocycles. The molecule has 0 atom stereocenters. The topological polar surface area (TPSA) is 29.9 Å². The molecule has 0 radical (unpaired) electrons. The van der Waals surface area contributed by atoms with Crippen molar-refractivity contribution in [3.05, 3.63) is 40.1 Å². The summed E-state index contributed by atoms with van der Waals surface area (Å²) < 4.78 is 1.85. The van der Waals surface area contributed by atoms with Gasteiger partial charge in [0.2, 0.25) is 5.95 Å². The van der Waals surface area contributed by atoms with Crippen LogP contribution in [0, 0.1) is 0 Å². The summed E-state index contributed by atoms with van der Waals surface area (Å²) >= 11 is 12.1. The fourth-order valence-corrected chi connectivity index (χ4v) is 2.34. The maximum absolute atomic E-state index is 6.16. The SMILES string of the molecule is Clc1nc2n(c1Cl)-c1ccccc1CCN2. The molecule has 0 amide bonds. The standard InChI is InChI=1S/C11H9Cl2N3/c12-9-10(13)16-8-4-2-1-3-7(8)5-6-14-11(16)15-9/h1-4H,5-6H2,(H,14,15). The molecule has 0 fully saturated rings. The summed E-state index contributed by atoms with van der Waals surface area (Å²) in [5, 5.41) is 4.01. The Morgan fingerprint density at radius 3 is 2.94 bits per heavy atom. The Bertz CT molecular complexity index is 548. The fourth-order valence-electron chi connectivity index (χ4n) is 1.96. The molecule has 1 N–H and O–H groups in total. The summed E-state index contributed by atoms with van der Waals surface area (Å²) in [6, 6.07) is 8.13. The largest absolute Gasteiger partial charge is 0.355 e. The molecule has 2 aromatic rings. The highest BCUT2D eigenvalue weighted by Crippen LogP contribution is 2.32. The molecule has 16 heavy (non-hydrogen) atoms. The van der Waals surface area contributed by atoms with E-state index < -0.39 is 0 Å². The quantitative estimate of drug-likeness (QED) is 0.782. The zero-order valence-corrected chi connectivity index (χ0v) is 9.89. The van der Waals surface area contributed by atoms with Gasteiger partial charge in [0, 0.05) is 6.54 Å². The third kappa shape index (κ3) is 1.39. The molecule has 0 saturated carbocycles. The zero-order valence-electron chi connectivity index (χ0n) is 8.37. The third-order valence-electron chi connectivity index (χ3n) is 2.69. The summed E-state index contributed by atoms with van der Waals surface area (Å²) in [5.41, 5.74) is 2.29. The molecule has 82 valence electrons. The lowest BCUT2D eigenvalue weighted by Crippen LogP contribution is -2.04. The van der Waals surface area contributed by atoms with Crippen molar-refractivity contribution in [1.29, 1.82) is 0 Å². The van der Waals surface area contributed by atoms with E-state index >= 15 is 0 Å². The number of fused-ring (bicyclic) bond motifs is 3. The number of anilines is 1. The lowest BCUT2D eigenvalue weighted by Gasteiger charge is -2.08. The van der Waals surface area contributed by atoms with Gasteiger partial charge in [-0.2, -0.15) is 4.98 Å². The molecule has 1 aromatic carbocycles. The molecule has 3 rings (SSSR count). The Balaban J connectivity index is 2.32. The normalized spacial score (nSPS) is 13.6. The summed E-state index contributed by atoms with van der Waals surface area (Å²) in [6.07, 6.45) is 0.952. The van der Waals surface area contributed by atoms with Gasteiger partial charge in [-0.15, -0.1) is 0 Å². The number of imidazole rings is 1. The van der Waals surface area contributed by atoms with Gasteiger partial charge >= 0.3 is 0 Å². The van der Waals surface area contributed by atoms with Gasteiger partial charge in [0.25, 0.3) is 0 Å². The molecule has 0 aliphatic carbocycles. The van der Waals surface area contributed by atoms with Crippen molar-refractivity contribution in [3.8, 4) is 5.69 Å². The number of hydrogen-bond donors (Lipinski definition) is 1. The summed E-state index contributed by atoms with van der Waals surface area (Å²) in [4.78, 5) is 4.19. The van der Waals surface area contributed by atoms with Crippen LogP contribution >= 0.6 is 23.2 Å². The molecule has 1 aromatic heterocycles. The highest BCUT2D eigenvalue weighted by molar-refractivity contribution is 6.41. The van der Waals surface area contributed by atoms with Gasteiger partial charge in [0.1, 0.15) is 0 Å². The lowest BCUT2D eigenvalue weighted by molar-refractivity contribution is 1.02. The van der Waals surface area contributed by atoms with Gasteiger partial charge in [-0.1, -0.05) is 41.4 Å². The number of hydrogen-bond acceptors (Lipinski definition) is 2. The van der Waals surface area contributed by atoms with E-state index in [0.29, 0.717) is 16.3 Å². The second-order valence-electron chi connectivity index (χ2n) is 3.66. The summed E-state index contributed by atoms with van der Waals surface area (Å²) in [6.45, 7) is 0.834.